The van der Waals surface area contributed by atoms with Crippen molar-refractivity contribution in [3.63, 3.8) is 0 Å². The number of hydrogen-bond acceptors (Lipinski definition) is 4. The summed E-state index contributed by atoms with van der Waals surface area (Å²) in [5.74, 6) is 1.43. The average molecular weight is 333 g/mol. The fourth-order valence-corrected chi connectivity index (χ4v) is 2.89. The molecule has 1 saturated heterocycles. The van der Waals surface area contributed by atoms with Gasteiger partial charge in [-0.3, -0.25) is 9.88 Å². The van der Waals surface area contributed by atoms with Crippen molar-refractivity contribution >= 4 is 5.96 Å². The minimum absolute atomic E-state index is 0.479. The summed E-state index contributed by atoms with van der Waals surface area (Å²) >= 11 is 0. The molecular formula is C18H31N5O. The number of nitrogens with zero attached hydrogens (tertiary/aromatic N) is 3. The number of aliphatic imine (C=N–C) groups is 1. The Morgan fingerprint density at radius 2 is 2.08 bits per heavy atom. The quantitative estimate of drug-likeness (QED) is 0.585. The molecule has 1 aromatic rings. The molecule has 0 saturated carbocycles. The number of ether oxygens (including phenoxy) is 1. The summed E-state index contributed by atoms with van der Waals surface area (Å²) in [6, 6.07) is 6.39. The Balaban J connectivity index is 1.92. The van der Waals surface area contributed by atoms with E-state index >= 15 is 0 Å². The average Bonchev–Trinajstić information content (AvgIpc) is 2.61. The molecule has 0 amide bonds. The molecule has 0 aliphatic carbocycles. The molecule has 1 aromatic heterocycles. The van der Waals surface area contributed by atoms with Gasteiger partial charge in [0.15, 0.2) is 5.96 Å². The molecule has 0 spiro atoms. The van der Waals surface area contributed by atoms with Crippen LogP contribution in [0, 0.1) is 5.92 Å². The maximum absolute atomic E-state index is 5.48. The molecule has 2 heterocycles. The zero-order valence-corrected chi connectivity index (χ0v) is 15.2. The van der Waals surface area contributed by atoms with Crippen LogP contribution in [0.5, 0.6) is 0 Å². The summed E-state index contributed by atoms with van der Waals surface area (Å²) in [6.45, 7) is 12.6. The maximum Gasteiger partial charge on any atom is 0.191 e. The lowest BCUT2D eigenvalue weighted by molar-refractivity contribution is 0.00752. The number of hydrogen-bond donors (Lipinski definition) is 2. The lowest BCUT2D eigenvalue weighted by atomic mass is 10.0. The van der Waals surface area contributed by atoms with Gasteiger partial charge in [0.1, 0.15) is 0 Å². The van der Waals surface area contributed by atoms with Crippen LogP contribution in [0.1, 0.15) is 26.5 Å². The second kappa shape index (κ2) is 10.3. The third-order valence-corrected chi connectivity index (χ3v) is 4.23. The number of morpholine rings is 1. The van der Waals surface area contributed by atoms with Crippen LogP contribution < -0.4 is 10.6 Å². The topological polar surface area (TPSA) is 61.8 Å². The van der Waals surface area contributed by atoms with E-state index in [1.807, 2.05) is 18.2 Å². The smallest absolute Gasteiger partial charge is 0.191 e. The molecule has 1 fully saturated rings. The minimum Gasteiger partial charge on any atom is -0.379 e. The summed E-state index contributed by atoms with van der Waals surface area (Å²) in [4.78, 5) is 11.5. The Bertz CT molecular complexity index is 485. The second-order valence-corrected chi connectivity index (χ2v) is 6.36. The van der Waals surface area contributed by atoms with Crippen molar-refractivity contribution in [3.8, 4) is 0 Å². The first-order valence-corrected chi connectivity index (χ1v) is 8.94. The molecule has 1 aliphatic heterocycles. The highest BCUT2D eigenvalue weighted by atomic mass is 16.5. The second-order valence-electron chi connectivity index (χ2n) is 6.36. The lowest BCUT2D eigenvalue weighted by Crippen LogP contribution is -2.52. The summed E-state index contributed by atoms with van der Waals surface area (Å²) in [5.41, 5.74) is 0.975. The van der Waals surface area contributed by atoms with Gasteiger partial charge in [-0.15, -0.1) is 0 Å². The van der Waals surface area contributed by atoms with Crippen molar-refractivity contribution in [1.82, 2.24) is 20.5 Å². The zero-order valence-electron chi connectivity index (χ0n) is 15.2. The summed E-state index contributed by atoms with van der Waals surface area (Å²) in [7, 11) is 0. The zero-order chi connectivity index (χ0) is 17.2. The normalized spacial score (nSPS) is 17.8. The van der Waals surface area contributed by atoms with Crippen LogP contribution >= 0.6 is 0 Å². The van der Waals surface area contributed by atoms with Crippen molar-refractivity contribution < 1.29 is 4.74 Å². The van der Waals surface area contributed by atoms with E-state index in [0.717, 1.165) is 51.0 Å². The molecule has 6 heteroatoms. The van der Waals surface area contributed by atoms with Gasteiger partial charge in [-0.2, -0.15) is 0 Å². The van der Waals surface area contributed by atoms with Gasteiger partial charge in [-0.25, -0.2) is 4.99 Å². The Kier molecular flexibility index (Phi) is 7.98. The molecule has 0 bridgehead atoms. The number of rotatable bonds is 7. The SMILES string of the molecule is CCNC(=NCc1ccccn1)NCC(C(C)C)N1CCOCC1. The van der Waals surface area contributed by atoms with Crippen LogP contribution in [0.25, 0.3) is 0 Å². The van der Waals surface area contributed by atoms with Crippen LogP contribution in [-0.2, 0) is 11.3 Å². The number of aromatic nitrogens is 1. The maximum atomic E-state index is 5.48. The van der Waals surface area contributed by atoms with Crippen LogP contribution in [0.15, 0.2) is 29.4 Å². The first-order chi connectivity index (χ1) is 11.7. The van der Waals surface area contributed by atoms with Gasteiger partial charge >= 0.3 is 0 Å². The molecule has 1 unspecified atom stereocenters. The van der Waals surface area contributed by atoms with E-state index in [2.05, 4.69) is 46.3 Å². The monoisotopic (exact) mass is 333 g/mol. The number of nitrogens with one attached hydrogen (secondary N) is 2. The van der Waals surface area contributed by atoms with Gasteiger partial charge in [0.25, 0.3) is 0 Å². The van der Waals surface area contributed by atoms with Crippen LogP contribution in [-0.4, -0.2) is 61.3 Å². The fraction of sp³-hybridized carbons (Fsp3) is 0.667. The largest absolute Gasteiger partial charge is 0.379 e. The Labute approximate surface area is 145 Å². The molecule has 1 aliphatic rings. The molecule has 2 N–H and O–H groups in total. The van der Waals surface area contributed by atoms with Crippen LogP contribution in [0.3, 0.4) is 0 Å². The molecule has 24 heavy (non-hydrogen) atoms. The van der Waals surface area contributed by atoms with E-state index < -0.39 is 0 Å². The molecule has 134 valence electrons. The summed E-state index contributed by atoms with van der Waals surface area (Å²) < 4.78 is 5.48. The van der Waals surface area contributed by atoms with Crippen molar-refractivity contribution in [3.05, 3.63) is 30.1 Å². The van der Waals surface area contributed by atoms with E-state index in [-0.39, 0.29) is 0 Å². The van der Waals surface area contributed by atoms with E-state index in [4.69, 9.17) is 4.74 Å². The van der Waals surface area contributed by atoms with E-state index in [0.29, 0.717) is 18.5 Å². The molecule has 0 aromatic carbocycles. The highest BCUT2D eigenvalue weighted by Gasteiger charge is 2.23. The molecule has 6 nitrogen and oxygen atoms in total. The number of pyridine rings is 1. The highest BCUT2D eigenvalue weighted by molar-refractivity contribution is 5.79. The van der Waals surface area contributed by atoms with Gasteiger partial charge < -0.3 is 15.4 Å². The first-order valence-electron chi connectivity index (χ1n) is 8.94. The molecule has 2 rings (SSSR count). The Morgan fingerprint density at radius 3 is 2.71 bits per heavy atom. The van der Waals surface area contributed by atoms with Gasteiger partial charge in [0, 0.05) is 38.4 Å². The summed E-state index contributed by atoms with van der Waals surface area (Å²) in [5, 5.41) is 6.82. The van der Waals surface area contributed by atoms with Crippen LogP contribution in [0.4, 0.5) is 0 Å². The Hall–Kier alpha value is -1.66. The van der Waals surface area contributed by atoms with Crippen molar-refractivity contribution in [2.24, 2.45) is 10.9 Å². The fourth-order valence-electron chi connectivity index (χ4n) is 2.89. The predicted octanol–water partition coefficient (Wildman–Crippen LogP) is 1.49. The Morgan fingerprint density at radius 1 is 1.29 bits per heavy atom. The minimum atomic E-state index is 0.479. The standard InChI is InChI=1S/C18H31N5O/c1-4-19-18(21-13-16-7-5-6-8-20-16)22-14-17(15(2)3)23-9-11-24-12-10-23/h5-8,15,17H,4,9-14H2,1-3H3,(H2,19,21,22). The predicted molar refractivity (Wildman–Crippen MR) is 98.1 cm³/mol. The molecule has 1 atom stereocenters. The van der Waals surface area contributed by atoms with Gasteiger partial charge in [0.2, 0.25) is 0 Å². The van der Waals surface area contributed by atoms with E-state index in [9.17, 15) is 0 Å². The van der Waals surface area contributed by atoms with Gasteiger partial charge in [-0.05, 0) is 25.0 Å². The van der Waals surface area contributed by atoms with Gasteiger partial charge in [0.05, 0.1) is 25.5 Å². The van der Waals surface area contributed by atoms with E-state index in [1.54, 1.807) is 6.20 Å². The third-order valence-electron chi connectivity index (χ3n) is 4.23. The molecular weight excluding hydrogens is 302 g/mol. The third kappa shape index (κ3) is 6.09. The van der Waals surface area contributed by atoms with Gasteiger partial charge in [-0.1, -0.05) is 19.9 Å². The van der Waals surface area contributed by atoms with E-state index in [1.165, 1.54) is 0 Å². The lowest BCUT2D eigenvalue weighted by Gasteiger charge is -2.37. The van der Waals surface area contributed by atoms with Crippen molar-refractivity contribution in [2.45, 2.75) is 33.4 Å². The summed E-state index contributed by atoms with van der Waals surface area (Å²) in [6.07, 6.45) is 1.80. The molecule has 0 radical (unpaired) electrons. The highest BCUT2D eigenvalue weighted by Crippen LogP contribution is 2.12. The van der Waals surface area contributed by atoms with Crippen LogP contribution in [0.2, 0.25) is 0 Å². The van der Waals surface area contributed by atoms with Crippen molar-refractivity contribution in [1.29, 1.82) is 0 Å². The van der Waals surface area contributed by atoms with Crippen molar-refractivity contribution in [2.75, 3.05) is 39.4 Å². The first kappa shape index (κ1) is 18.7. The number of guanidine groups is 1.